The smallest absolute Gasteiger partial charge is 0.0132 e. The molecule has 1 aromatic rings. The van der Waals surface area contributed by atoms with E-state index in [1.807, 2.05) is 0 Å². The fraction of sp³-hybridized carbons (Fsp3) is 0.684. The maximum Gasteiger partial charge on any atom is 0.0132 e. The molecule has 4 atom stereocenters. The molecular weight excluding hydrogens is 242 g/mol. The largest absolute Gasteiger partial charge is 0.311 e. The molecule has 2 saturated carbocycles. The Bertz CT molecular complexity index is 447. The van der Waals surface area contributed by atoms with E-state index >= 15 is 0 Å². The predicted molar refractivity (Wildman–Crippen MR) is 83.8 cm³/mol. The van der Waals surface area contributed by atoms with Gasteiger partial charge in [0.05, 0.1) is 0 Å². The highest BCUT2D eigenvalue weighted by molar-refractivity contribution is 5.30. The van der Waals surface area contributed by atoms with Crippen molar-refractivity contribution >= 4 is 0 Å². The van der Waals surface area contributed by atoms with Crippen LogP contribution in [0.5, 0.6) is 0 Å². The first-order valence-electron chi connectivity index (χ1n) is 8.62. The molecule has 3 aliphatic rings. The molecule has 0 saturated heterocycles. The van der Waals surface area contributed by atoms with Crippen molar-refractivity contribution in [2.75, 3.05) is 0 Å². The molecule has 3 aliphatic carbocycles. The fourth-order valence-corrected chi connectivity index (χ4v) is 5.05. The number of hydrogen-bond donors (Lipinski definition) is 1. The van der Waals surface area contributed by atoms with Crippen molar-refractivity contribution in [1.82, 2.24) is 5.32 Å². The Morgan fingerprint density at radius 2 is 1.55 bits per heavy atom. The maximum absolute atomic E-state index is 4.09. The first-order valence-corrected chi connectivity index (χ1v) is 8.62. The second kappa shape index (κ2) is 5.18. The van der Waals surface area contributed by atoms with Gasteiger partial charge in [-0.3, -0.25) is 0 Å². The highest BCUT2D eigenvalue weighted by atomic mass is 15.0. The van der Waals surface area contributed by atoms with E-state index < -0.39 is 0 Å². The molecule has 1 nitrogen and oxygen atoms in total. The van der Waals surface area contributed by atoms with Crippen LogP contribution >= 0.6 is 0 Å². The topological polar surface area (TPSA) is 12.0 Å². The minimum absolute atomic E-state index is 0.790. The zero-order valence-electron chi connectivity index (χ0n) is 12.6. The first-order chi connectivity index (χ1) is 9.79. The molecule has 1 N–H and O–H groups in total. The summed E-state index contributed by atoms with van der Waals surface area (Å²) in [4.78, 5) is 0. The van der Waals surface area contributed by atoms with Crippen LogP contribution in [0.2, 0.25) is 0 Å². The van der Waals surface area contributed by atoms with Gasteiger partial charge in [-0.15, -0.1) is 0 Å². The monoisotopic (exact) mass is 269 g/mol. The summed E-state index contributed by atoms with van der Waals surface area (Å²) < 4.78 is 0. The van der Waals surface area contributed by atoms with Crippen LogP contribution in [0.25, 0.3) is 0 Å². The summed E-state index contributed by atoms with van der Waals surface area (Å²) in [6, 6.07) is 10.8. The van der Waals surface area contributed by atoms with Gasteiger partial charge in [-0.25, -0.2) is 0 Å². The highest BCUT2D eigenvalue weighted by Gasteiger charge is 2.40. The zero-order valence-corrected chi connectivity index (χ0v) is 12.6. The van der Waals surface area contributed by atoms with Gasteiger partial charge in [0.25, 0.3) is 0 Å². The number of nitrogens with one attached hydrogen (secondary N) is 1. The van der Waals surface area contributed by atoms with E-state index in [2.05, 4.69) is 36.5 Å². The van der Waals surface area contributed by atoms with Gasteiger partial charge >= 0.3 is 0 Å². The van der Waals surface area contributed by atoms with Crippen molar-refractivity contribution in [2.24, 2.45) is 17.8 Å². The molecule has 0 heterocycles. The van der Waals surface area contributed by atoms with Gasteiger partial charge in [0, 0.05) is 12.1 Å². The summed E-state index contributed by atoms with van der Waals surface area (Å²) in [7, 11) is 0. The lowest BCUT2D eigenvalue weighted by Gasteiger charge is -2.27. The molecule has 0 spiro atoms. The van der Waals surface area contributed by atoms with E-state index in [-0.39, 0.29) is 0 Å². The van der Waals surface area contributed by atoms with Crippen LogP contribution in [-0.4, -0.2) is 12.1 Å². The van der Waals surface area contributed by atoms with Crippen LogP contribution in [0.1, 0.15) is 50.2 Å². The summed E-state index contributed by atoms with van der Waals surface area (Å²) in [6.45, 7) is 2.42. The van der Waals surface area contributed by atoms with Crippen molar-refractivity contribution in [3.05, 3.63) is 35.4 Å². The Hall–Kier alpha value is -0.820. The number of rotatable bonds is 2. The average molecular weight is 269 g/mol. The second-order valence-corrected chi connectivity index (χ2v) is 7.58. The summed E-state index contributed by atoms with van der Waals surface area (Å²) >= 11 is 0. The minimum atomic E-state index is 0.790. The second-order valence-electron chi connectivity index (χ2n) is 7.58. The Labute approximate surface area is 123 Å². The molecule has 4 unspecified atom stereocenters. The Kier molecular flexibility index (Phi) is 3.34. The predicted octanol–water partition coefficient (Wildman–Crippen LogP) is 3.96. The summed E-state index contributed by atoms with van der Waals surface area (Å²) in [5, 5.41) is 4.09. The zero-order chi connectivity index (χ0) is 13.5. The van der Waals surface area contributed by atoms with Gasteiger partial charge in [0.1, 0.15) is 0 Å². The molecule has 4 rings (SSSR count). The number of hydrogen-bond acceptors (Lipinski definition) is 1. The lowest BCUT2D eigenvalue weighted by Crippen LogP contribution is -2.43. The SMILES string of the molecule is CC1CCC(NC2C3CCC2Cc2ccccc2C3)C1. The van der Waals surface area contributed by atoms with Gasteiger partial charge in [-0.2, -0.15) is 0 Å². The molecule has 1 aromatic carbocycles. The standard InChI is InChI=1S/C19H27N/c1-13-6-9-18(10-13)20-19-16-7-8-17(19)12-15-5-3-2-4-14(15)11-16/h2-5,13,16-20H,6-12H2,1H3. The molecule has 1 heteroatoms. The summed E-state index contributed by atoms with van der Waals surface area (Å²) in [5.74, 6) is 2.72. The van der Waals surface area contributed by atoms with E-state index in [1.165, 1.54) is 44.9 Å². The molecule has 2 fully saturated rings. The van der Waals surface area contributed by atoms with Crippen molar-refractivity contribution < 1.29 is 0 Å². The first kappa shape index (κ1) is 12.9. The number of benzene rings is 1. The summed E-state index contributed by atoms with van der Waals surface area (Å²) in [6.07, 6.45) is 9.75. The van der Waals surface area contributed by atoms with Crippen molar-refractivity contribution in [2.45, 2.75) is 64.0 Å². The molecule has 0 radical (unpaired) electrons. The van der Waals surface area contributed by atoms with Gasteiger partial charge in [0.2, 0.25) is 0 Å². The van der Waals surface area contributed by atoms with Crippen LogP contribution in [0.4, 0.5) is 0 Å². The van der Waals surface area contributed by atoms with E-state index in [4.69, 9.17) is 0 Å². The molecule has 20 heavy (non-hydrogen) atoms. The number of fused-ring (bicyclic) bond motifs is 3. The lowest BCUT2D eigenvalue weighted by atomic mass is 9.94. The Morgan fingerprint density at radius 1 is 0.900 bits per heavy atom. The van der Waals surface area contributed by atoms with Gasteiger partial charge < -0.3 is 5.32 Å². The third-order valence-electron chi connectivity index (χ3n) is 6.13. The van der Waals surface area contributed by atoms with Gasteiger partial charge in [0.15, 0.2) is 0 Å². The lowest BCUT2D eigenvalue weighted by molar-refractivity contribution is 0.304. The van der Waals surface area contributed by atoms with E-state index in [0.717, 1.165) is 29.8 Å². The van der Waals surface area contributed by atoms with Crippen LogP contribution in [0.15, 0.2) is 24.3 Å². The van der Waals surface area contributed by atoms with Crippen LogP contribution in [0, 0.1) is 17.8 Å². The molecule has 0 aromatic heterocycles. The third kappa shape index (κ3) is 2.30. The molecule has 2 bridgehead atoms. The summed E-state index contributed by atoms with van der Waals surface area (Å²) in [5.41, 5.74) is 3.26. The van der Waals surface area contributed by atoms with Crippen molar-refractivity contribution in [3.63, 3.8) is 0 Å². The average Bonchev–Trinajstić information content (AvgIpc) is 2.95. The van der Waals surface area contributed by atoms with Gasteiger partial charge in [-0.1, -0.05) is 31.2 Å². The van der Waals surface area contributed by atoms with E-state index in [1.54, 1.807) is 11.1 Å². The van der Waals surface area contributed by atoms with Crippen molar-refractivity contribution in [3.8, 4) is 0 Å². The molecule has 0 aliphatic heterocycles. The fourth-order valence-electron chi connectivity index (χ4n) is 5.05. The Morgan fingerprint density at radius 3 is 2.10 bits per heavy atom. The van der Waals surface area contributed by atoms with E-state index in [9.17, 15) is 0 Å². The molecule has 108 valence electrons. The third-order valence-corrected chi connectivity index (χ3v) is 6.13. The minimum Gasteiger partial charge on any atom is -0.311 e. The quantitative estimate of drug-likeness (QED) is 0.857. The molecular formula is C19H27N. The van der Waals surface area contributed by atoms with Crippen molar-refractivity contribution in [1.29, 1.82) is 0 Å². The van der Waals surface area contributed by atoms with Crippen LogP contribution in [-0.2, 0) is 12.8 Å². The van der Waals surface area contributed by atoms with Crippen LogP contribution in [0.3, 0.4) is 0 Å². The highest BCUT2D eigenvalue weighted by Crippen LogP contribution is 2.41. The maximum atomic E-state index is 4.09. The van der Waals surface area contributed by atoms with Crippen LogP contribution < -0.4 is 5.32 Å². The van der Waals surface area contributed by atoms with Gasteiger partial charge in [-0.05, 0) is 73.8 Å². The molecule has 0 amide bonds. The Balaban J connectivity index is 1.52. The van der Waals surface area contributed by atoms with E-state index in [0.29, 0.717) is 0 Å². The normalized spacial score (nSPS) is 39.5.